The predicted octanol–water partition coefficient (Wildman–Crippen LogP) is 2.51. The highest BCUT2D eigenvalue weighted by Gasteiger charge is 2.14. The zero-order valence-electron chi connectivity index (χ0n) is 9.42. The molecule has 1 atom stereocenters. The van der Waals surface area contributed by atoms with E-state index in [4.69, 9.17) is 16.3 Å². The molecule has 1 aliphatic heterocycles. The van der Waals surface area contributed by atoms with E-state index in [-0.39, 0.29) is 0 Å². The van der Waals surface area contributed by atoms with E-state index in [1.54, 1.807) is 7.11 Å². The van der Waals surface area contributed by atoms with E-state index in [2.05, 4.69) is 10.6 Å². The number of nitrogens with one attached hydrogen (secondary N) is 2. The third-order valence-corrected chi connectivity index (χ3v) is 3.05. The molecule has 1 fully saturated rings. The minimum absolute atomic E-state index is 0.459. The first-order valence-electron chi connectivity index (χ1n) is 5.60. The minimum atomic E-state index is 0.459. The second kappa shape index (κ2) is 5.41. The second-order valence-corrected chi connectivity index (χ2v) is 4.47. The van der Waals surface area contributed by atoms with Gasteiger partial charge in [-0.15, -0.1) is 0 Å². The lowest BCUT2D eigenvalue weighted by Crippen LogP contribution is -2.38. The molecule has 0 amide bonds. The molecule has 16 heavy (non-hydrogen) atoms. The average molecular weight is 241 g/mol. The van der Waals surface area contributed by atoms with Crippen molar-refractivity contribution in [2.24, 2.45) is 0 Å². The summed E-state index contributed by atoms with van der Waals surface area (Å²) in [6.07, 6.45) is 2.39. The van der Waals surface area contributed by atoms with Gasteiger partial charge in [0.1, 0.15) is 5.75 Å². The quantitative estimate of drug-likeness (QED) is 0.852. The topological polar surface area (TPSA) is 33.3 Å². The normalized spacial score (nSPS) is 20.5. The van der Waals surface area contributed by atoms with Gasteiger partial charge in [0.15, 0.2) is 0 Å². The van der Waals surface area contributed by atoms with Gasteiger partial charge in [-0.05, 0) is 37.6 Å². The van der Waals surface area contributed by atoms with Crippen molar-refractivity contribution in [2.75, 3.05) is 25.5 Å². The number of halogens is 1. The summed E-state index contributed by atoms with van der Waals surface area (Å²) in [6.45, 7) is 2.11. The molecule has 1 heterocycles. The summed E-state index contributed by atoms with van der Waals surface area (Å²) in [4.78, 5) is 0. The highest BCUT2D eigenvalue weighted by atomic mass is 35.5. The smallest absolute Gasteiger partial charge is 0.142 e. The number of hydrogen-bond donors (Lipinski definition) is 2. The van der Waals surface area contributed by atoms with Gasteiger partial charge < -0.3 is 15.4 Å². The Kier molecular flexibility index (Phi) is 3.91. The van der Waals surface area contributed by atoms with Crippen LogP contribution >= 0.6 is 11.6 Å². The molecule has 2 rings (SSSR count). The van der Waals surface area contributed by atoms with Gasteiger partial charge in [-0.2, -0.15) is 0 Å². The summed E-state index contributed by atoms with van der Waals surface area (Å²) in [7, 11) is 1.67. The highest BCUT2D eigenvalue weighted by Crippen LogP contribution is 2.28. The van der Waals surface area contributed by atoms with Crippen LogP contribution in [0.2, 0.25) is 5.02 Å². The summed E-state index contributed by atoms with van der Waals surface area (Å²) in [5.41, 5.74) is 0.976. The van der Waals surface area contributed by atoms with E-state index in [9.17, 15) is 0 Å². The van der Waals surface area contributed by atoms with Gasteiger partial charge in [0.2, 0.25) is 0 Å². The Morgan fingerprint density at radius 3 is 3.06 bits per heavy atom. The van der Waals surface area contributed by atoms with Crippen LogP contribution in [0.1, 0.15) is 12.8 Å². The van der Waals surface area contributed by atoms with Crippen LogP contribution in [0.25, 0.3) is 0 Å². The molecule has 0 saturated carbocycles. The van der Waals surface area contributed by atoms with Gasteiger partial charge in [0.25, 0.3) is 0 Å². The molecule has 1 aliphatic rings. The maximum Gasteiger partial charge on any atom is 0.142 e. The molecular formula is C12H17ClN2O. The zero-order valence-corrected chi connectivity index (χ0v) is 10.2. The van der Waals surface area contributed by atoms with E-state index in [0.717, 1.165) is 29.5 Å². The van der Waals surface area contributed by atoms with E-state index in [0.29, 0.717) is 6.04 Å². The van der Waals surface area contributed by atoms with Gasteiger partial charge >= 0.3 is 0 Å². The van der Waals surface area contributed by atoms with Crippen molar-refractivity contribution in [1.29, 1.82) is 0 Å². The third kappa shape index (κ3) is 2.80. The SMILES string of the molecule is COc1ccc(Cl)cc1NC1CCCNC1. The molecule has 3 nitrogen and oxygen atoms in total. The van der Waals surface area contributed by atoms with Crippen LogP contribution in [0.5, 0.6) is 5.75 Å². The van der Waals surface area contributed by atoms with Gasteiger partial charge in [0.05, 0.1) is 12.8 Å². The Morgan fingerprint density at radius 2 is 2.38 bits per heavy atom. The number of anilines is 1. The standard InChI is InChI=1S/C12H17ClN2O/c1-16-12-5-4-9(13)7-11(12)15-10-3-2-6-14-8-10/h4-5,7,10,14-15H,2-3,6,8H2,1H3. The predicted molar refractivity (Wildman–Crippen MR) is 67.5 cm³/mol. The number of benzene rings is 1. The first-order chi connectivity index (χ1) is 7.79. The molecule has 4 heteroatoms. The zero-order chi connectivity index (χ0) is 11.4. The van der Waals surface area contributed by atoms with Crippen molar-refractivity contribution in [3.63, 3.8) is 0 Å². The Morgan fingerprint density at radius 1 is 1.50 bits per heavy atom. The molecule has 1 aromatic carbocycles. The lowest BCUT2D eigenvalue weighted by molar-refractivity contribution is 0.414. The number of rotatable bonds is 3. The largest absolute Gasteiger partial charge is 0.495 e. The van der Waals surface area contributed by atoms with Gasteiger partial charge in [-0.25, -0.2) is 0 Å². The van der Waals surface area contributed by atoms with Crippen molar-refractivity contribution in [1.82, 2.24) is 5.32 Å². The monoisotopic (exact) mass is 240 g/mol. The Hall–Kier alpha value is -0.930. The molecule has 0 bridgehead atoms. The van der Waals surface area contributed by atoms with Crippen molar-refractivity contribution < 1.29 is 4.74 Å². The molecule has 1 unspecified atom stereocenters. The summed E-state index contributed by atoms with van der Waals surface area (Å²) in [5, 5.41) is 7.57. The fraction of sp³-hybridized carbons (Fsp3) is 0.500. The molecular weight excluding hydrogens is 224 g/mol. The maximum atomic E-state index is 5.98. The van der Waals surface area contributed by atoms with Crippen molar-refractivity contribution in [3.05, 3.63) is 23.2 Å². The lowest BCUT2D eigenvalue weighted by atomic mass is 10.1. The second-order valence-electron chi connectivity index (χ2n) is 4.03. The van der Waals surface area contributed by atoms with Crippen LogP contribution in [-0.4, -0.2) is 26.2 Å². The molecule has 0 aromatic heterocycles. The average Bonchev–Trinajstić information content (AvgIpc) is 2.31. The maximum absolute atomic E-state index is 5.98. The number of hydrogen-bond acceptors (Lipinski definition) is 3. The molecule has 0 aliphatic carbocycles. The summed E-state index contributed by atoms with van der Waals surface area (Å²) >= 11 is 5.98. The van der Waals surface area contributed by atoms with Crippen LogP contribution in [-0.2, 0) is 0 Å². The first kappa shape index (κ1) is 11.6. The van der Waals surface area contributed by atoms with Crippen LogP contribution in [0.3, 0.4) is 0 Å². The van der Waals surface area contributed by atoms with Gasteiger partial charge in [-0.1, -0.05) is 11.6 Å². The van der Waals surface area contributed by atoms with Crippen LogP contribution in [0.4, 0.5) is 5.69 Å². The Bertz CT molecular complexity index is 351. The molecule has 2 N–H and O–H groups in total. The van der Waals surface area contributed by atoms with Gasteiger partial charge in [0, 0.05) is 17.6 Å². The fourth-order valence-electron chi connectivity index (χ4n) is 1.99. The number of methoxy groups -OCH3 is 1. The number of ether oxygens (including phenoxy) is 1. The number of piperidine rings is 1. The minimum Gasteiger partial charge on any atom is -0.495 e. The molecule has 88 valence electrons. The van der Waals surface area contributed by atoms with E-state index in [1.165, 1.54) is 12.8 Å². The first-order valence-corrected chi connectivity index (χ1v) is 5.98. The summed E-state index contributed by atoms with van der Waals surface area (Å²) in [5.74, 6) is 0.843. The summed E-state index contributed by atoms with van der Waals surface area (Å²) in [6, 6.07) is 6.10. The van der Waals surface area contributed by atoms with Crippen molar-refractivity contribution >= 4 is 17.3 Å². The summed E-state index contributed by atoms with van der Waals surface area (Å²) < 4.78 is 5.30. The van der Waals surface area contributed by atoms with E-state index < -0.39 is 0 Å². The van der Waals surface area contributed by atoms with E-state index >= 15 is 0 Å². The molecule has 0 radical (unpaired) electrons. The fourth-order valence-corrected chi connectivity index (χ4v) is 2.16. The molecule has 1 saturated heterocycles. The molecule has 0 spiro atoms. The van der Waals surface area contributed by atoms with Crippen LogP contribution in [0.15, 0.2) is 18.2 Å². The van der Waals surface area contributed by atoms with Crippen LogP contribution in [0, 0.1) is 0 Å². The van der Waals surface area contributed by atoms with Gasteiger partial charge in [-0.3, -0.25) is 0 Å². The third-order valence-electron chi connectivity index (χ3n) is 2.82. The van der Waals surface area contributed by atoms with E-state index in [1.807, 2.05) is 18.2 Å². The Balaban J connectivity index is 2.09. The lowest BCUT2D eigenvalue weighted by Gasteiger charge is -2.25. The van der Waals surface area contributed by atoms with Crippen molar-refractivity contribution in [3.8, 4) is 5.75 Å². The Labute approximate surface area is 101 Å². The van der Waals surface area contributed by atoms with Crippen molar-refractivity contribution in [2.45, 2.75) is 18.9 Å². The molecule has 1 aromatic rings. The highest BCUT2D eigenvalue weighted by molar-refractivity contribution is 6.30. The van der Waals surface area contributed by atoms with Crippen LogP contribution < -0.4 is 15.4 Å².